The zero-order valence-corrected chi connectivity index (χ0v) is 20.5. The van der Waals surface area contributed by atoms with Crippen LogP contribution >= 0.6 is 23.1 Å². The van der Waals surface area contributed by atoms with E-state index < -0.39 is 0 Å². The van der Waals surface area contributed by atoms with Gasteiger partial charge in [-0.3, -0.25) is 14.3 Å². The number of thiophene rings is 1. The molecule has 5 aromatic rings. The van der Waals surface area contributed by atoms with E-state index in [1.54, 1.807) is 23.7 Å². The van der Waals surface area contributed by atoms with Crippen LogP contribution in [0.25, 0.3) is 27.3 Å². The van der Waals surface area contributed by atoms with Gasteiger partial charge >= 0.3 is 0 Å². The molecule has 4 heterocycles. The topological polar surface area (TPSA) is 89.4 Å². The van der Waals surface area contributed by atoms with Crippen molar-refractivity contribution in [2.75, 3.05) is 0 Å². The third-order valence-electron chi connectivity index (χ3n) is 6.28. The maximum atomic E-state index is 12.8. The van der Waals surface area contributed by atoms with Crippen LogP contribution in [-0.2, 0) is 18.6 Å². The molecule has 1 aliphatic rings. The molecular formula is C25H22N6OS2. The normalized spacial score (nSPS) is 13.0. The molecule has 4 aromatic heterocycles. The fourth-order valence-electron chi connectivity index (χ4n) is 4.40. The molecule has 0 aliphatic heterocycles. The number of hydrogen-bond acceptors (Lipinski definition) is 7. The van der Waals surface area contributed by atoms with E-state index in [0.29, 0.717) is 11.6 Å². The molecule has 9 heteroatoms. The van der Waals surface area contributed by atoms with Gasteiger partial charge in [0.15, 0.2) is 11.0 Å². The van der Waals surface area contributed by atoms with Gasteiger partial charge in [0, 0.05) is 22.8 Å². The van der Waals surface area contributed by atoms with Gasteiger partial charge in [-0.05, 0) is 74.1 Å². The fourth-order valence-corrected chi connectivity index (χ4v) is 6.50. The largest absolute Gasteiger partial charge is 0.309 e. The maximum absolute atomic E-state index is 12.8. The Bertz CT molecular complexity index is 1580. The lowest BCUT2D eigenvalue weighted by atomic mass is 10.1. The van der Waals surface area contributed by atoms with E-state index in [1.807, 2.05) is 12.1 Å². The molecule has 0 atom stereocenters. The Kier molecular flexibility index (Phi) is 5.30. The summed E-state index contributed by atoms with van der Waals surface area (Å²) < 4.78 is 2.06. The van der Waals surface area contributed by atoms with Crippen LogP contribution in [0.2, 0.25) is 0 Å². The summed E-state index contributed by atoms with van der Waals surface area (Å²) >= 11 is 3.18. The molecule has 7 nitrogen and oxygen atoms in total. The quantitative estimate of drug-likeness (QED) is 0.351. The molecular weight excluding hydrogens is 464 g/mol. The SMILES string of the molecule is Cc1ccc(-n2c(SCc3nc4sc5c(c4c(=O)[nH]3)CCC5)nnc2-c2ccncc2)cc1C. The summed E-state index contributed by atoms with van der Waals surface area (Å²) in [6.45, 7) is 4.20. The smallest absolute Gasteiger partial charge is 0.259 e. The number of benzene rings is 1. The van der Waals surface area contributed by atoms with Crippen molar-refractivity contribution >= 4 is 33.3 Å². The lowest BCUT2D eigenvalue weighted by Crippen LogP contribution is -2.11. The molecule has 170 valence electrons. The summed E-state index contributed by atoms with van der Waals surface area (Å²) in [5, 5.41) is 10.5. The summed E-state index contributed by atoms with van der Waals surface area (Å²) in [6.07, 6.45) is 6.66. The van der Waals surface area contributed by atoms with E-state index in [1.165, 1.54) is 33.3 Å². The first-order chi connectivity index (χ1) is 16.6. The zero-order chi connectivity index (χ0) is 23.2. The first-order valence-electron chi connectivity index (χ1n) is 11.2. The second-order valence-electron chi connectivity index (χ2n) is 8.48. The average Bonchev–Trinajstić information content (AvgIpc) is 3.54. The second-order valence-corrected chi connectivity index (χ2v) is 10.5. The van der Waals surface area contributed by atoms with Crippen LogP contribution in [0.4, 0.5) is 0 Å². The monoisotopic (exact) mass is 486 g/mol. The van der Waals surface area contributed by atoms with Gasteiger partial charge in [-0.1, -0.05) is 17.8 Å². The first-order valence-corrected chi connectivity index (χ1v) is 13.0. The zero-order valence-electron chi connectivity index (χ0n) is 18.8. The maximum Gasteiger partial charge on any atom is 0.259 e. The molecule has 0 unspecified atom stereocenters. The predicted molar refractivity (Wildman–Crippen MR) is 136 cm³/mol. The van der Waals surface area contributed by atoms with Crippen LogP contribution in [-0.4, -0.2) is 29.7 Å². The highest BCUT2D eigenvalue weighted by Gasteiger charge is 2.22. The Hall–Kier alpha value is -3.30. The predicted octanol–water partition coefficient (Wildman–Crippen LogP) is 5.03. The lowest BCUT2D eigenvalue weighted by Gasteiger charge is -2.12. The van der Waals surface area contributed by atoms with Crippen LogP contribution in [0.1, 0.15) is 33.8 Å². The standard InChI is InChI=1S/C25H22N6OS2/c1-14-6-7-17(12-15(14)2)31-22(16-8-10-26-11-9-16)29-30-25(31)33-13-20-27-23(32)21-18-4-3-5-19(18)34-24(21)28-20/h6-12H,3-5,13H2,1-2H3,(H,27,28,32). The number of aryl methyl sites for hydroxylation is 4. The number of hydrogen-bond donors (Lipinski definition) is 1. The molecule has 0 amide bonds. The van der Waals surface area contributed by atoms with Crippen LogP contribution in [0, 0.1) is 13.8 Å². The molecule has 34 heavy (non-hydrogen) atoms. The Morgan fingerprint density at radius 2 is 1.94 bits per heavy atom. The van der Waals surface area contributed by atoms with Gasteiger partial charge in [-0.15, -0.1) is 21.5 Å². The Balaban J connectivity index is 1.38. The van der Waals surface area contributed by atoms with Gasteiger partial charge in [0.2, 0.25) is 0 Å². The Morgan fingerprint density at radius 1 is 1.09 bits per heavy atom. The number of nitrogens with one attached hydrogen (secondary N) is 1. The highest BCUT2D eigenvalue weighted by Crippen LogP contribution is 2.35. The molecule has 0 radical (unpaired) electrons. The number of pyridine rings is 1. The van der Waals surface area contributed by atoms with Gasteiger partial charge in [0.1, 0.15) is 10.7 Å². The van der Waals surface area contributed by atoms with Gasteiger partial charge in [0.05, 0.1) is 16.8 Å². The van der Waals surface area contributed by atoms with E-state index in [9.17, 15) is 4.79 Å². The van der Waals surface area contributed by atoms with Crippen molar-refractivity contribution in [2.45, 2.75) is 44.0 Å². The van der Waals surface area contributed by atoms with E-state index in [4.69, 9.17) is 4.98 Å². The molecule has 1 aliphatic carbocycles. The van der Waals surface area contributed by atoms with Crippen molar-refractivity contribution in [2.24, 2.45) is 0 Å². The molecule has 1 N–H and O–H groups in total. The summed E-state index contributed by atoms with van der Waals surface area (Å²) in [5.74, 6) is 1.90. The summed E-state index contributed by atoms with van der Waals surface area (Å²) in [5.41, 5.74) is 5.53. The summed E-state index contributed by atoms with van der Waals surface area (Å²) in [6, 6.07) is 10.2. The minimum atomic E-state index is -0.0342. The molecule has 0 fully saturated rings. The Labute approximate surface area is 204 Å². The van der Waals surface area contributed by atoms with Crippen molar-refractivity contribution in [1.29, 1.82) is 0 Å². The number of H-pyrrole nitrogens is 1. The highest BCUT2D eigenvalue weighted by molar-refractivity contribution is 7.98. The van der Waals surface area contributed by atoms with E-state index in [0.717, 1.165) is 51.7 Å². The van der Waals surface area contributed by atoms with Crippen molar-refractivity contribution in [3.8, 4) is 17.1 Å². The second kappa shape index (κ2) is 8.48. The van der Waals surface area contributed by atoms with Crippen LogP contribution in [0.15, 0.2) is 52.7 Å². The van der Waals surface area contributed by atoms with Gasteiger partial charge < -0.3 is 4.98 Å². The van der Waals surface area contributed by atoms with Crippen LogP contribution in [0.3, 0.4) is 0 Å². The van der Waals surface area contributed by atoms with Crippen molar-refractivity contribution in [3.05, 3.63) is 80.5 Å². The van der Waals surface area contributed by atoms with Gasteiger partial charge in [-0.2, -0.15) is 0 Å². The average molecular weight is 487 g/mol. The number of fused-ring (bicyclic) bond motifs is 3. The fraction of sp³-hybridized carbons (Fsp3) is 0.240. The van der Waals surface area contributed by atoms with Gasteiger partial charge in [0.25, 0.3) is 5.56 Å². The minimum absolute atomic E-state index is 0.0342. The van der Waals surface area contributed by atoms with E-state index in [-0.39, 0.29) is 5.56 Å². The number of nitrogens with zero attached hydrogens (tertiary/aromatic N) is 5. The summed E-state index contributed by atoms with van der Waals surface area (Å²) in [7, 11) is 0. The molecule has 0 bridgehead atoms. The van der Waals surface area contributed by atoms with Crippen molar-refractivity contribution in [1.82, 2.24) is 29.7 Å². The highest BCUT2D eigenvalue weighted by atomic mass is 32.2. The molecule has 0 saturated carbocycles. The van der Waals surface area contributed by atoms with Crippen molar-refractivity contribution in [3.63, 3.8) is 0 Å². The first kappa shape index (κ1) is 21.2. The van der Waals surface area contributed by atoms with Crippen LogP contribution < -0.4 is 5.56 Å². The minimum Gasteiger partial charge on any atom is -0.309 e. The van der Waals surface area contributed by atoms with Crippen LogP contribution in [0.5, 0.6) is 0 Å². The Morgan fingerprint density at radius 3 is 2.76 bits per heavy atom. The number of thioether (sulfide) groups is 1. The van der Waals surface area contributed by atoms with Gasteiger partial charge in [-0.25, -0.2) is 4.98 Å². The third kappa shape index (κ3) is 3.65. The van der Waals surface area contributed by atoms with Crippen molar-refractivity contribution < 1.29 is 0 Å². The van der Waals surface area contributed by atoms with E-state index in [2.05, 4.69) is 56.8 Å². The summed E-state index contributed by atoms with van der Waals surface area (Å²) in [4.78, 5) is 26.9. The molecule has 1 aromatic carbocycles. The molecule has 0 spiro atoms. The number of aromatic amines is 1. The number of aromatic nitrogens is 6. The lowest BCUT2D eigenvalue weighted by molar-refractivity contribution is 0.881. The van der Waals surface area contributed by atoms with E-state index >= 15 is 0 Å². The number of rotatable bonds is 5. The molecule has 6 rings (SSSR count). The molecule has 0 saturated heterocycles. The third-order valence-corrected chi connectivity index (χ3v) is 8.41.